The zero-order valence-corrected chi connectivity index (χ0v) is 15.5. The van der Waals surface area contributed by atoms with Gasteiger partial charge < -0.3 is 0 Å². The molecule has 0 aromatic carbocycles. The number of rotatable bonds is 17. The molecule has 0 fully saturated rings. The molecule has 1 radical (unpaired) electrons. The molecule has 0 unspecified atom stereocenters. The van der Waals surface area contributed by atoms with E-state index >= 15 is 0 Å². The highest BCUT2D eigenvalue weighted by Gasteiger charge is 2.02. The first-order valence-electron chi connectivity index (χ1n) is 10.2. The van der Waals surface area contributed by atoms with E-state index in [4.69, 9.17) is 0 Å². The summed E-state index contributed by atoms with van der Waals surface area (Å²) in [4.78, 5) is 0. The Bertz CT molecular complexity index is 169. The van der Waals surface area contributed by atoms with E-state index in [1.54, 1.807) is 5.92 Å². The topological polar surface area (TPSA) is 0 Å². The van der Waals surface area contributed by atoms with Crippen LogP contribution in [0.1, 0.15) is 130 Å². The summed E-state index contributed by atoms with van der Waals surface area (Å²) in [5.74, 6) is 1.77. The van der Waals surface area contributed by atoms with E-state index in [0.717, 1.165) is 0 Å². The Labute approximate surface area is 136 Å². The van der Waals surface area contributed by atoms with E-state index in [-0.39, 0.29) is 0 Å². The van der Waals surface area contributed by atoms with E-state index < -0.39 is 0 Å². The van der Waals surface area contributed by atoms with Gasteiger partial charge in [-0.2, -0.15) is 0 Å². The van der Waals surface area contributed by atoms with Crippen LogP contribution < -0.4 is 0 Å². The molecule has 0 bridgehead atoms. The lowest BCUT2D eigenvalue weighted by molar-refractivity contribution is 0.530. The number of hydrogen-bond donors (Lipinski definition) is 0. The van der Waals surface area contributed by atoms with Gasteiger partial charge in [-0.3, -0.25) is 0 Å². The Balaban J connectivity index is 3.02. The minimum atomic E-state index is 1.30. The second kappa shape index (κ2) is 18.1. The van der Waals surface area contributed by atoms with Gasteiger partial charge in [0.25, 0.3) is 0 Å². The first kappa shape index (κ1) is 21.0. The highest BCUT2D eigenvalue weighted by Crippen LogP contribution is 2.20. The third-order valence-corrected chi connectivity index (χ3v) is 4.88. The molecule has 0 aliphatic heterocycles. The molecular weight excluding hydrogens is 252 g/mol. The van der Waals surface area contributed by atoms with Crippen molar-refractivity contribution < 1.29 is 0 Å². The maximum absolute atomic E-state index is 2.31. The number of unbranched alkanes of at least 4 members (excludes halogenated alkanes) is 13. The van der Waals surface area contributed by atoms with Gasteiger partial charge in [-0.1, -0.05) is 111 Å². The SMILES string of the molecule is CCCCCCCCCCCCCCCC[C](CC)CC. The van der Waals surface area contributed by atoms with Gasteiger partial charge in [-0.05, 0) is 25.2 Å². The van der Waals surface area contributed by atoms with Crippen molar-refractivity contribution in [2.24, 2.45) is 0 Å². The molecule has 0 aliphatic rings. The van der Waals surface area contributed by atoms with Crippen molar-refractivity contribution >= 4 is 0 Å². The van der Waals surface area contributed by atoms with Gasteiger partial charge in [0.05, 0.1) is 0 Å². The van der Waals surface area contributed by atoms with Crippen molar-refractivity contribution in [3.8, 4) is 0 Å². The minimum absolute atomic E-state index is 1.30. The van der Waals surface area contributed by atoms with Crippen LogP contribution in [0, 0.1) is 5.92 Å². The Hall–Kier alpha value is 0. The summed E-state index contributed by atoms with van der Waals surface area (Å²) in [5, 5.41) is 0. The van der Waals surface area contributed by atoms with E-state index in [0.29, 0.717) is 0 Å². The van der Waals surface area contributed by atoms with Crippen molar-refractivity contribution in [1.82, 2.24) is 0 Å². The Morgan fingerprint density at radius 1 is 0.429 bits per heavy atom. The van der Waals surface area contributed by atoms with Gasteiger partial charge in [0.2, 0.25) is 0 Å². The molecule has 21 heavy (non-hydrogen) atoms. The first-order chi connectivity index (χ1) is 10.3. The van der Waals surface area contributed by atoms with E-state index in [2.05, 4.69) is 20.8 Å². The maximum atomic E-state index is 2.31. The molecule has 0 aromatic rings. The lowest BCUT2D eigenvalue weighted by atomic mass is 9.95. The van der Waals surface area contributed by atoms with E-state index in [1.807, 2.05) is 0 Å². The van der Waals surface area contributed by atoms with Crippen molar-refractivity contribution in [3.63, 3.8) is 0 Å². The molecule has 0 aliphatic carbocycles. The zero-order chi connectivity index (χ0) is 15.6. The Morgan fingerprint density at radius 3 is 1.10 bits per heavy atom. The molecular formula is C21H43. The van der Waals surface area contributed by atoms with Crippen LogP contribution in [-0.2, 0) is 0 Å². The van der Waals surface area contributed by atoms with Crippen molar-refractivity contribution in [2.75, 3.05) is 0 Å². The predicted molar refractivity (Wildman–Crippen MR) is 98.8 cm³/mol. The van der Waals surface area contributed by atoms with Crippen molar-refractivity contribution in [2.45, 2.75) is 130 Å². The summed E-state index contributed by atoms with van der Waals surface area (Å²) in [6.07, 6.45) is 24.5. The van der Waals surface area contributed by atoms with E-state index in [1.165, 1.54) is 109 Å². The van der Waals surface area contributed by atoms with Crippen LogP contribution in [0.3, 0.4) is 0 Å². The van der Waals surface area contributed by atoms with Gasteiger partial charge in [-0.25, -0.2) is 0 Å². The van der Waals surface area contributed by atoms with Gasteiger partial charge in [0.15, 0.2) is 0 Å². The zero-order valence-electron chi connectivity index (χ0n) is 15.5. The molecule has 127 valence electrons. The fourth-order valence-electron chi connectivity index (χ4n) is 3.17. The summed E-state index contributed by atoms with van der Waals surface area (Å²) in [6, 6.07) is 0. The second-order valence-electron chi connectivity index (χ2n) is 6.80. The molecule has 0 rings (SSSR count). The highest BCUT2D eigenvalue weighted by molar-refractivity contribution is 4.85. The average Bonchev–Trinajstić information content (AvgIpc) is 2.51. The molecule has 0 aromatic heterocycles. The van der Waals surface area contributed by atoms with Crippen LogP contribution in [0.4, 0.5) is 0 Å². The molecule has 0 heterocycles. The molecule has 0 saturated heterocycles. The summed E-state index contributed by atoms with van der Waals surface area (Å²) >= 11 is 0. The predicted octanol–water partition coefficient (Wildman–Crippen LogP) is 8.25. The summed E-state index contributed by atoms with van der Waals surface area (Å²) < 4.78 is 0. The minimum Gasteiger partial charge on any atom is -0.0654 e. The van der Waals surface area contributed by atoms with Crippen LogP contribution in [0.2, 0.25) is 0 Å². The number of hydrogen-bond acceptors (Lipinski definition) is 0. The lowest BCUT2D eigenvalue weighted by Gasteiger charge is -2.10. The smallest absolute Gasteiger partial charge is 0.0246 e. The quantitative estimate of drug-likeness (QED) is 0.237. The summed E-state index contributed by atoms with van der Waals surface area (Å²) in [5.41, 5.74) is 0. The average molecular weight is 296 g/mol. The van der Waals surface area contributed by atoms with Gasteiger partial charge >= 0.3 is 0 Å². The van der Waals surface area contributed by atoms with Gasteiger partial charge in [-0.15, -0.1) is 0 Å². The molecule has 0 N–H and O–H groups in total. The largest absolute Gasteiger partial charge is 0.0654 e. The second-order valence-corrected chi connectivity index (χ2v) is 6.80. The third-order valence-electron chi connectivity index (χ3n) is 4.88. The molecule has 0 atom stereocenters. The lowest BCUT2D eigenvalue weighted by Crippen LogP contribution is -1.93. The maximum Gasteiger partial charge on any atom is -0.0246 e. The van der Waals surface area contributed by atoms with Gasteiger partial charge in [0, 0.05) is 0 Å². The Morgan fingerprint density at radius 2 is 0.762 bits per heavy atom. The van der Waals surface area contributed by atoms with Crippen LogP contribution >= 0.6 is 0 Å². The summed E-state index contributed by atoms with van der Waals surface area (Å²) in [7, 11) is 0. The Kier molecular flexibility index (Phi) is 18.1. The summed E-state index contributed by atoms with van der Waals surface area (Å²) in [6.45, 7) is 6.91. The molecule has 0 amide bonds. The normalized spacial score (nSPS) is 11.4. The fourth-order valence-corrected chi connectivity index (χ4v) is 3.17. The molecule has 0 spiro atoms. The van der Waals surface area contributed by atoms with Crippen molar-refractivity contribution in [3.05, 3.63) is 5.92 Å². The van der Waals surface area contributed by atoms with Crippen LogP contribution in [0.15, 0.2) is 0 Å². The van der Waals surface area contributed by atoms with E-state index in [9.17, 15) is 0 Å². The highest BCUT2D eigenvalue weighted by atomic mass is 14.1. The van der Waals surface area contributed by atoms with Crippen LogP contribution in [0.5, 0.6) is 0 Å². The molecule has 0 nitrogen and oxygen atoms in total. The van der Waals surface area contributed by atoms with Crippen LogP contribution in [-0.4, -0.2) is 0 Å². The van der Waals surface area contributed by atoms with Crippen LogP contribution in [0.25, 0.3) is 0 Å². The first-order valence-corrected chi connectivity index (χ1v) is 10.2. The van der Waals surface area contributed by atoms with Gasteiger partial charge in [0.1, 0.15) is 0 Å². The van der Waals surface area contributed by atoms with Crippen molar-refractivity contribution in [1.29, 1.82) is 0 Å². The molecule has 0 heteroatoms. The standard InChI is InChI=1S/C21H43/c1-4-7-8-9-10-11-12-13-14-15-16-17-18-19-20-21(5-2)6-3/h4-20H2,1-3H3. The third kappa shape index (κ3) is 16.2. The molecule has 0 saturated carbocycles. The monoisotopic (exact) mass is 295 g/mol. The fraction of sp³-hybridized carbons (Fsp3) is 0.952.